The topological polar surface area (TPSA) is 95.9 Å². The van der Waals surface area contributed by atoms with Crippen LogP contribution in [0.3, 0.4) is 0 Å². The highest BCUT2D eigenvalue weighted by molar-refractivity contribution is 5.76. The van der Waals surface area contributed by atoms with Crippen LogP contribution in [-0.2, 0) is 14.3 Å². The number of esters is 1. The maximum absolute atomic E-state index is 12.5. The van der Waals surface area contributed by atoms with Gasteiger partial charge in [0.05, 0.1) is 25.4 Å². The Bertz CT molecular complexity index is 1390. The van der Waals surface area contributed by atoms with Crippen molar-refractivity contribution in [1.82, 2.24) is 5.32 Å². The summed E-state index contributed by atoms with van der Waals surface area (Å²) in [6.45, 7) is 4.96. The molecule has 1 amide bonds. The maximum atomic E-state index is 12.5. The van der Waals surface area contributed by atoms with Gasteiger partial charge in [-0.05, 0) is 89.9 Å². The Morgan fingerprint density at radius 2 is 0.602 bits per heavy atom. The molecule has 0 radical (unpaired) electrons. The van der Waals surface area contributed by atoms with Gasteiger partial charge in [0.1, 0.15) is 0 Å². The fraction of sp³-hybridized carbons (Fsp3) is 0.870. The molecule has 0 aliphatic rings. The molecule has 0 rings (SSSR count). The number of carbonyl (C=O) groups excluding carboxylic acids is 2. The van der Waals surface area contributed by atoms with Crippen LogP contribution in [0, 0.1) is 0 Å². The monoisotopic (exact) mass is 1160 g/mol. The largest absolute Gasteiger partial charge is 0.466 e. The molecule has 2 unspecified atom stereocenters. The van der Waals surface area contributed by atoms with E-state index < -0.39 is 12.1 Å². The van der Waals surface area contributed by atoms with E-state index in [0.29, 0.717) is 25.9 Å². The molecule has 0 saturated heterocycles. The van der Waals surface area contributed by atoms with Gasteiger partial charge < -0.3 is 20.3 Å². The maximum Gasteiger partial charge on any atom is 0.305 e. The standard InChI is InChI=1S/C77H145NO5/c1-3-5-7-9-11-13-15-17-19-43-47-51-55-59-63-67-71-77(82)83-72-68-64-60-56-52-48-44-40-38-36-34-32-30-28-26-24-22-20-21-23-25-27-29-31-33-35-37-39-42-46-50-54-58-62-66-70-76(81)78-74(73-79)75(80)69-65-61-57-53-49-45-41-18-16-14-12-10-8-6-4-2/h13,15,19,22,24,28,30,43,74-75,79-80H,3-12,14,16-18,20-21,23,25-27,29,31-42,44-73H2,1-2H3,(H,78,81)/b15-13-,24-22-,30-28-,43-19-. The highest BCUT2D eigenvalue weighted by atomic mass is 16.5. The van der Waals surface area contributed by atoms with Gasteiger partial charge in [0.2, 0.25) is 5.91 Å². The van der Waals surface area contributed by atoms with Crippen LogP contribution in [-0.4, -0.2) is 47.4 Å². The van der Waals surface area contributed by atoms with Crippen molar-refractivity contribution in [3.63, 3.8) is 0 Å². The van der Waals surface area contributed by atoms with Gasteiger partial charge in [-0.2, -0.15) is 0 Å². The molecule has 0 aromatic heterocycles. The second-order valence-electron chi connectivity index (χ2n) is 25.6. The molecule has 0 saturated carbocycles. The van der Waals surface area contributed by atoms with Gasteiger partial charge in [-0.3, -0.25) is 9.59 Å². The number of aliphatic hydroxyl groups excluding tert-OH is 2. The van der Waals surface area contributed by atoms with Crippen LogP contribution in [0.1, 0.15) is 406 Å². The summed E-state index contributed by atoms with van der Waals surface area (Å²) in [7, 11) is 0. The minimum absolute atomic E-state index is 0.00349. The Kier molecular flexibility index (Phi) is 70.4. The van der Waals surface area contributed by atoms with Gasteiger partial charge in [0, 0.05) is 12.8 Å². The van der Waals surface area contributed by atoms with Crippen molar-refractivity contribution in [2.45, 2.75) is 418 Å². The summed E-state index contributed by atoms with van der Waals surface area (Å²) in [5.41, 5.74) is 0. The number of unbranched alkanes of at least 4 members (excludes halogenated alkanes) is 51. The summed E-state index contributed by atoms with van der Waals surface area (Å²) in [5.74, 6) is -0.0266. The molecule has 0 fully saturated rings. The number of carbonyl (C=O) groups is 2. The van der Waals surface area contributed by atoms with Crippen LogP contribution in [0.15, 0.2) is 48.6 Å². The van der Waals surface area contributed by atoms with Crippen LogP contribution in [0.4, 0.5) is 0 Å². The summed E-state index contributed by atoms with van der Waals surface area (Å²) in [5, 5.41) is 23.3. The third-order valence-corrected chi connectivity index (χ3v) is 17.4. The normalized spacial score (nSPS) is 12.8. The van der Waals surface area contributed by atoms with Crippen molar-refractivity contribution in [3.05, 3.63) is 48.6 Å². The molecule has 0 heterocycles. The SMILES string of the molecule is CCCCCC/C=C\C/C=C\CCCCCCCC(=O)OCCCCCCCCCCCCC/C=C\C/C=C\CCCCCCCCCCCCCCCCCCCC(=O)NC(CO)C(O)CCCCCCCCCCCCCCCCC. The molecule has 6 nitrogen and oxygen atoms in total. The smallest absolute Gasteiger partial charge is 0.305 e. The predicted octanol–water partition coefficient (Wildman–Crippen LogP) is 24.4. The second-order valence-corrected chi connectivity index (χ2v) is 25.6. The highest BCUT2D eigenvalue weighted by Crippen LogP contribution is 2.19. The van der Waals surface area contributed by atoms with E-state index in [1.807, 2.05) is 0 Å². The van der Waals surface area contributed by atoms with E-state index in [1.165, 1.54) is 315 Å². The fourth-order valence-corrected chi connectivity index (χ4v) is 11.6. The van der Waals surface area contributed by atoms with E-state index in [0.717, 1.165) is 57.8 Å². The first-order valence-electron chi connectivity index (χ1n) is 37.4. The first-order chi connectivity index (χ1) is 41.0. The molecular formula is C77H145NO5. The summed E-state index contributed by atoms with van der Waals surface area (Å²) >= 11 is 0. The zero-order valence-corrected chi connectivity index (χ0v) is 55.9. The number of hydrogen-bond acceptors (Lipinski definition) is 5. The minimum Gasteiger partial charge on any atom is -0.466 e. The number of allylic oxidation sites excluding steroid dienone is 8. The van der Waals surface area contributed by atoms with E-state index in [4.69, 9.17) is 4.74 Å². The van der Waals surface area contributed by atoms with Crippen molar-refractivity contribution in [3.8, 4) is 0 Å². The Labute approximate surface area is 518 Å². The Morgan fingerprint density at radius 1 is 0.337 bits per heavy atom. The molecule has 6 heteroatoms. The van der Waals surface area contributed by atoms with E-state index in [2.05, 4.69) is 67.8 Å². The molecule has 0 spiro atoms. The van der Waals surface area contributed by atoms with Gasteiger partial charge in [-0.25, -0.2) is 0 Å². The van der Waals surface area contributed by atoms with Gasteiger partial charge in [-0.1, -0.05) is 351 Å². The lowest BCUT2D eigenvalue weighted by Gasteiger charge is -2.22. The Balaban J connectivity index is 3.37. The number of ether oxygens (including phenoxy) is 1. The third kappa shape index (κ3) is 68.8. The number of aliphatic hydroxyl groups is 2. The van der Waals surface area contributed by atoms with Crippen molar-refractivity contribution >= 4 is 11.9 Å². The van der Waals surface area contributed by atoms with Crippen molar-refractivity contribution < 1.29 is 24.5 Å². The average Bonchev–Trinajstić information content (AvgIpc) is 3.49. The lowest BCUT2D eigenvalue weighted by Crippen LogP contribution is -2.45. The Morgan fingerprint density at radius 3 is 0.928 bits per heavy atom. The van der Waals surface area contributed by atoms with Crippen LogP contribution >= 0.6 is 0 Å². The second kappa shape index (κ2) is 72.3. The molecule has 83 heavy (non-hydrogen) atoms. The molecule has 0 bridgehead atoms. The van der Waals surface area contributed by atoms with E-state index in [9.17, 15) is 19.8 Å². The van der Waals surface area contributed by atoms with Crippen molar-refractivity contribution in [2.24, 2.45) is 0 Å². The molecule has 2 atom stereocenters. The summed E-state index contributed by atoms with van der Waals surface area (Å²) in [6.07, 6.45) is 94.7. The molecule has 0 aliphatic carbocycles. The number of amides is 1. The zero-order chi connectivity index (χ0) is 59.9. The number of hydrogen-bond donors (Lipinski definition) is 3. The fourth-order valence-electron chi connectivity index (χ4n) is 11.6. The third-order valence-electron chi connectivity index (χ3n) is 17.4. The van der Waals surface area contributed by atoms with E-state index >= 15 is 0 Å². The summed E-state index contributed by atoms with van der Waals surface area (Å²) < 4.78 is 5.49. The minimum atomic E-state index is -0.663. The van der Waals surface area contributed by atoms with E-state index in [-0.39, 0.29) is 18.5 Å². The molecule has 0 aromatic rings. The number of nitrogens with one attached hydrogen (secondary N) is 1. The van der Waals surface area contributed by atoms with Crippen molar-refractivity contribution in [2.75, 3.05) is 13.2 Å². The summed E-state index contributed by atoms with van der Waals surface area (Å²) in [6, 6.07) is -0.540. The lowest BCUT2D eigenvalue weighted by molar-refractivity contribution is -0.143. The summed E-state index contributed by atoms with van der Waals surface area (Å²) in [4.78, 5) is 24.6. The molecule has 0 aliphatic heterocycles. The van der Waals surface area contributed by atoms with Crippen molar-refractivity contribution in [1.29, 1.82) is 0 Å². The molecule has 3 N–H and O–H groups in total. The first-order valence-corrected chi connectivity index (χ1v) is 37.4. The number of rotatable bonds is 70. The van der Waals surface area contributed by atoms with Crippen LogP contribution in [0.25, 0.3) is 0 Å². The van der Waals surface area contributed by atoms with Gasteiger partial charge in [0.25, 0.3) is 0 Å². The average molecular weight is 1170 g/mol. The van der Waals surface area contributed by atoms with Crippen LogP contribution < -0.4 is 5.32 Å². The zero-order valence-electron chi connectivity index (χ0n) is 55.9. The van der Waals surface area contributed by atoms with Gasteiger partial charge in [-0.15, -0.1) is 0 Å². The van der Waals surface area contributed by atoms with Crippen LogP contribution in [0.5, 0.6) is 0 Å². The quantitative estimate of drug-likeness (QED) is 0.0320. The molecule has 0 aromatic carbocycles. The highest BCUT2D eigenvalue weighted by Gasteiger charge is 2.20. The lowest BCUT2D eigenvalue weighted by atomic mass is 10.0. The van der Waals surface area contributed by atoms with E-state index in [1.54, 1.807) is 0 Å². The predicted molar refractivity (Wildman–Crippen MR) is 366 cm³/mol. The van der Waals surface area contributed by atoms with Gasteiger partial charge >= 0.3 is 5.97 Å². The first kappa shape index (κ1) is 80.8. The molecular weight excluding hydrogens is 1020 g/mol. The van der Waals surface area contributed by atoms with Gasteiger partial charge in [0.15, 0.2) is 0 Å². The Hall–Kier alpha value is -2.18. The van der Waals surface area contributed by atoms with Crippen LogP contribution in [0.2, 0.25) is 0 Å². The molecule has 488 valence electrons.